The van der Waals surface area contributed by atoms with Gasteiger partial charge in [-0.15, -0.1) is 0 Å². The summed E-state index contributed by atoms with van der Waals surface area (Å²) in [5.74, 6) is 0.643. The predicted octanol–water partition coefficient (Wildman–Crippen LogP) is 2.31. The van der Waals surface area contributed by atoms with Gasteiger partial charge in [0, 0.05) is 12.5 Å². The van der Waals surface area contributed by atoms with Gasteiger partial charge < -0.3 is 9.47 Å². The van der Waals surface area contributed by atoms with Gasteiger partial charge in [0.1, 0.15) is 11.3 Å². The summed E-state index contributed by atoms with van der Waals surface area (Å²) in [6, 6.07) is 8.26. The maximum Gasteiger partial charge on any atom is 0.326 e. The van der Waals surface area contributed by atoms with Crippen molar-refractivity contribution in [2.24, 2.45) is 0 Å². The molecular formula is C16H23NO3. The highest BCUT2D eigenvalue weighted by molar-refractivity contribution is 5.81. The maximum atomic E-state index is 12.2. The molecule has 1 aromatic carbocycles. The fourth-order valence-corrected chi connectivity index (χ4v) is 2.30. The van der Waals surface area contributed by atoms with Crippen LogP contribution in [0.5, 0.6) is 5.75 Å². The van der Waals surface area contributed by atoms with Crippen LogP contribution in [0, 0.1) is 0 Å². The first-order valence-electron chi connectivity index (χ1n) is 7.15. The van der Waals surface area contributed by atoms with Gasteiger partial charge in [-0.2, -0.15) is 0 Å². The van der Waals surface area contributed by atoms with E-state index in [-0.39, 0.29) is 5.97 Å². The third kappa shape index (κ3) is 3.73. The van der Waals surface area contributed by atoms with Gasteiger partial charge >= 0.3 is 5.97 Å². The maximum absolute atomic E-state index is 12.2. The Morgan fingerprint density at radius 3 is 2.50 bits per heavy atom. The molecular weight excluding hydrogens is 254 g/mol. The van der Waals surface area contributed by atoms with Gasteiger partial charge in [-0.25, -0.2) is 0 Å². The van der Waals surface area contributed by atoms with E-state index in [2.05, 4.69) is 5.32 Å². The first-order valence-corrected chi connectivity index (χ1v) is 7.15. The summed E-state index contributed by atoms with van der Waals surface area (Å²) >= 11 is 0. The molecule has 110 valence electrons. The molecule has 20 heavy (non-hydrogen) atoms. The second-order valence-electron chi connectivity index (χ2n) is 5.50. The van der Waals surface area contributed by atoms with Gasteiger partial charge in [-0.1, -0.05) is 12.1 Å². The molecule has 1 aromatic rings. The average molecular weight is 277 g/mol. The minimum Gasteiger partial charge on any atom is -0.497 e. The van der Waals surface area contributed by atoms with Crippen LogP contribution >= 0.6 is 0 Å². The van der Waals surface area contributed by atoms with Crippen molar-refractivity contribution in [3.8, 4) is 5.75 Å². The van der Waals surface area contributed by atoms with Crippen LogP contribution in [0.3, 0.4) is 0 Å². The molecule has 1 N–H and O–H groups in total. The van der Waals surface area contributed by atoms with Crippen LogP contribution in [0.1, 0.15) is 32.3 Å². The van der Waals surface area contributed by atoms with E-state index in [4.69, 9.17) is 9.47 Å². The van der Waals surface area contributed by atoms with E-state index in [0.717, 1.165) is 24.2 Å². The number of esters is 1. The zero-order valence-corrected chi connectivity index (χ0v) is 12.4. The number of hydrogen-bond acceptors (Lipinski definition) is 4. The average Bonchev–Trinajstić information content (AvgIpc) is 3.23. The van der Waals surface area contributed by atoms with Crippen LogP contribution in [0.2, 0.25) is 0 Å². The Labute approximate surface area is 120 Å². The van der Waals surface area contributed by atoms with Gasteiger partial charge in [-0.05, 0) is 44.4 Å². The zero-order chi connectivity index (χ0) is 14.6. The minimum atomic E-state index is -0.661. The van der Waals surface area contributed by atoms with E-state index in [1.807, 2.05) is 38.1 Å². The monoisotopic (exact) mass is 277 g/mol. The molecule has 4 nitrogen and oxygen atoms in total. The number of ether oxygens (including phenoxy) is 2. The second-order valence-corrected chi connectivity index (χ2v) is 5.50. The van der Waals surface area contributed by atoms with Gasteiger partial charge in [0.2, 0.25) is 0 Å². The number of methoxy groups -OCH3 is 1. The van der Waals surface area contributed by atoms with Crippen molar-refractivity contribution in [2.75, 3.05) is 13.7 Å². The Bertz CT molecular complexity index is 453. The highest BCUT2D eigenvalue weighted by Gasteiger charge is 2.39. The molecule has 0 aliphatic heterocycles. The highest BCUT2D eigenvalue weighted by atomic mass is 16.5. The summed E-state index contributed by atoms with van der Waals surface area (Å²) in [6.07, 6.45) is 2.89. The van der Waals surface area contributed by atoms with Gasteiger partial charge in [0.05, 0.1) is 13.7 Å². The highest BCUT2D eigenvalue weighted by Crippen LogP contribution is 2.26. The molecule has 1 aliphatic carbocycles. The molecule has 1 unspecified atom stereocenters. The number of hydrogen-bond donors (Lipinski definition) is 1. The number of carbonyl (C=O) groups excluding carboxylic acids is 1. The molecule has 0 radical (unpaired) electrons. The summed E-state index contributed by atoms with van der Waals surface area (Å²) in [4.78, 5) is 12.2. The van der Waals surface area contributed by atoms with E-state index >= 15 is 0 Å². The Hall–Kier alpha value is -1.55. The molecule has 0 saturated heterocycles. The van der Waals surface area contributed by atoms with Crippen LogP contribution in [-0.2, 0) is 16.0 Å². The van der Waals surface area contributed by atoms with Crippen LogP contribution < -0.4 is 10.1 Å². The molecule has 0 heterocycles. The first kappa shape index (κ1) is 14.9. The fraction of sp³-hybridized carbons (Fsp3) is 0.562. The molecule has 1 saturated carbocycles. The van der Waals surface area contributed by atoms with E-state index in [1.165, 1.54) is 0 Å². The minimum absolute atomic E-state index is 0.178. The number of carbonyl (C=O) groups is 1. The topological polar surface area (TPSA) is 47.6 Å². The quantitative estimate of drug-likeness (QED) is 0.777. The smallest absolute Gasteiger partial charge is 0.326 e. The Balaban J connectivity index is 2.10. The normalized spacial score (nSPS) is 17.4. The molecule has 0 spiro atoms. The molecule has 0 aromatic heterocycles. The van der Waals surface area contributed by atoms with Gasteiger partial charge in [0.15, 0.2) is 0 Å². The van der Waals surface area contributed by atoms with Crippen molar-refractivity contribution in [2.45, 2.75) is 44.7 Å². The number of nitrogens with one attached hydrogen (secondary N) is 1. The summed E-state index contributed by atoms with van der Waals surface area (Å²) < 4.78 is 10.4. The van der Waals surface area contributed by atoms with E-state index in [9.17, 15) is 4.79 Å². The second kappa shape index (κ2) is 6.27. The summed E-state index contributed by atoms with van der Waals surface area (Å²) in [7, 11) is 1.65. The number of rotatable bonds is 7. The summed E-state index contributed by atoms with van der Waals surface area (Å²) in [6.45, 7) is 4.17. The Morgan fingerprint density at radius 2 is 2.00 bits per heavy atom. The molecule has 0 amide bonds. The predicted molar refractivity (Wildman–Crippen MR) is 77.9 cm³/mol. The Morgan fingerprint density at radius 1 is 1.35 bits per heavy atom. The van der Waals surface area contributed by atoms with Crippen molar-refractivity contribution < 1.29 is 14.3 Å². The fourth-order valence-electron chi connectivity index (χ4n) is 2.30. The Kier molecular flexibility index (Phi) is 4.65. The lowest BCUT2D eigenvalue weighted by atomic mass is 9.92. The van der Waals surface area contributed by atoms with E-state index < -0.39 is 5.54 Å². The molecule has 1 atom stereocenters. The zero-order valence-electron chi connectivity index (χ0n) is 12.4. The largest absolute Gasteiger partial charge is 0.497 e. The molecule has 1 fully saturated rings. The van der Waals surface area contributed by atoms with Crippen molar-refractivity contribution in [3.63, 3.8) is 0 Å². The third-order valence-corrected chi connectivity index (χ3v) is 3.54. The van der Waals surface area contributed by atoms with Gasteiger partial charge in [-0.3, -0.25) is 10.1 Å². The van der Waals surface area contributed by atoms with Crippen molar-refractivity contribution in [1.29, 1.82) is 0 Å². The van der Waals surface area contributed by atoms with Crippen molar-refractivity contribution >= 4 is 5.97 Å². The lowest BCUT2D eigenvalue weighted by Gasteiger charge is -2.29. The summed E-state index contributed by atoms with van der Waals surface area (Å²) in [5, 5.41) is 3.42. The van der Waals surface area contributed by atoms with Crippen LogP contribution in [-0.4, -0.2) is 31.3 Å². The molecule has 0 bridgehead atoms. The van der Waals surface area contributed by atoms with Crippen molar-refractivity contribution in [3.05, 3.63) is 29.8 Å². The number of benzene rings is 1. The van der Waals surface area contributed by atoms with Crippen LogP contribution in [0.15, 0.2) is 24.3 Å². The van der Waals surface area contributed by atoms with Crippen LogP contribution in [0.25, 0.3) is 0 Å². The lowest BCUT2D eigenvalue weighted by molar-refractivity contribution is -0.150. The molecule has 1 aliphatic rings. The van der Waals surface area contributed by atoms with Gasteiger partial charge in [0.25, 0.3) is 0 Å². The first-order chi connectivity index (χ1) is 9.57. The van der Waals surface area contributed by atoms with E-state index in [1.54, 1.807) is 7.11 Å². The molecule has 4 heteroatoms. The molecule has 2 rings (SSSR count). The van der Waals surface area contributed by atoms with E-state index in [0.29, 0.717) is 19.1 Å². The summed E-state index contributed by atoms with van der Waals surface area (Å²) in [5.41, 5.74) is 0.431. The van der Waals surface area contributed by atoms with Crippen molar-refractivity contribution in [1.82, 2.24) is 5.32 Å². The third-order valence-electron chi connectivity index (χ3n) is 3.54. The van der Waals surface area contributed by atoms with Crippen LogP contribution in [0.4, 0.5) is 0 Å². The lowest BCUT2D eigenvalue weighted by Crippen LogP contribution is -2.53. The SMILES string of the molecule is CCOC(=O)C(C)(Cc1ccc(OC)cc1)NC1CC1. The standard InChI is InChI=1S/C16H23NO3/c1-4-20-15(18)16(2,17-13-7-8-13)11-12-5-9-14(19-3)10-6-12/h5-6,9-10,13,17H,4,7-8,11H2,1-3H3.